The second kappa shape index (κ2) is 26.0. The van der Waals surface area contributed by atoms with Gasteiger partial charge in [-0.05, 0) is 64.9 Å². The molecule has 69 heavy (non-hydrogen) atoms. The molecule has 1 aliphatic carbocycles. The molecule has 23 heteroatoms. The summed E-state index contributed by atoms with van der Waals surface area (Å²) < 4.78 is 31.7. The van der Waals surface area contributed by atoms with Crippen LogP contribution in [-0.4, -0.2) is 137 Å². The van der Waals surface area contributed by atoms with E-state index in [9.17, 15) is 56.3 Å². The third-order valence-electron chi connectivity index (χ3n) is 10.9. The number of carbonyl (C=O) groups excluding carboxylic acids is 9. The number of carboxylic acids is 1. The van der Waals surface area contributed by atoms with Gasteiger partial charge >= 0.3 is 12.1 Å². The summed E-state index contributed by atoms with van der Waals surface area (Å²) in [6.07, 6.45) is -2.54. The van der Waals surface area contributed by atoms with Crippen LogP contribution >= 0.6 is 0 Å². The molecule has 0 saturated carbocycles. The van der Waals surface area contributed by atoms with Crippen LogP contribution < -0.4 is 43.0 Å². The van der Waals surface area contributed by atoms with Crippen LogP contribution in [0.1, 0.15) is 112 Å². The van der Waals surface area contributed by atoms with Crippen LogP contribution in [0.15, 0.2) is 42.5 Å². The smallest absolute Gasteiger partial charge is 0.475 e. The Hall–Kier alpha value is -6.91. The van der Waals surface area contributed by atoms with Crippen molar-refractivity contribution in [1.29, 1.82) is 0 Å². The largest absolute Gasteiger partial charge is 0.490 e. The van der Waals surface area contributed by atoms with E-state index in [1.165, 1.54) is 25.7 Å². The number of nitrogens with one attached hydrogen (secondary N) is 7. The highest BCUT2D eigenvalue weighted by atomic mass is 19.4. The van der Waals surface area contributed by atoms with Gasteiger partial charge in [0.15, 0.2) is 11.6 Å². The first-order valence-corrected chi connectivity index (χ1v) is 22.6. The van der Waals surface area contributed by atoms with Crippen LogP contribution in [0.4, 0.5) is 18.9 Å². The molecule has 0 spiro atoms. The molecule has 1 saturated heterocycles. The lowest BCUT2D eigenvalue weighted by Gasteiger charge is -2.29. The summed E-state index contributed by atoms with van der Waals surface area (Å²) in [6.45, 7) is 10.4. The minimum absolute atomic E-state index is 0.00490. The maximum atomic E-state index is 13.9. The number of carbonyl (C=O) groups is 10. The summed E-state index contributed by atoms with van der Waals surface area (Å²) >= 11 is 0. The van der Waals surface area contributed by atoms with Gasteiger partial charge in [0.25, 0.3) is 0 Å². The maximum Gasteiger partial charge on any atom is 0.490 e. The third kappa shape index (κ3) is 16.4. The molecule has 0 unspecified atom stereocenters. The van der Waals surface area contributed by atoms with Crippen LogP contribution in [0, 0.1) is 5.92 Å². The monoisotopic (exact) mass is 973 g/mol. The molecule has 0 aromatic heterocycles. The molecular formula is C46H62F3N9O11. The minimum Gasteiger partial charge on any atom is -0.475 e. The summed E-state index contributed by atoms with van der Waals surface area (Å²) in [5.41, 5.74) is 7.46. The van der Waals surface area contributed by atoms with Crippen LogP contribution in [0.5, 0.6) is 0 Å². The van der Waals surface area contributed by atoms with Gasteiger partial charge in [0.1, 0.15) is 30.2 Å². The Balaban J connectivity index is 0.00000167. The molecule has 0 radical (unpaired) electrons. The van der Waals surface area contributed by atoms with Gasteiger partial charge in [-0.15, -0.1) is 0 Å². The number of aliphatic carboxylic acids is 1. The van der Waals surface area contributed by atoms with Gasteiger partial charge < -0.3 is 53.0 Å². The van der Waals surface area contributed by atoms with Gasteiger partial charge in [0.05, 0.1) is 18.2 Å². The topological polar surface area (TPSA) is 304 Å². The summed E-state index contributed by atoms with van der Waals surface area (Å²) in [7, 11) is 0. The molecule has 1 heterocycles. The average molecular weight is 974 g/mol. The van der Waals surface area contributed by atoms with E-state index in [-0.39, 0.29) is 42.8 Å². The first kappa shape index (κ1) is 56.4. The van der Waals surface area contributed by atoms with Gasteiger partial charge in [-0.1, -0.05) is 63.6 Å². The molecular weight excluding hydrogens is 912 g/mol. The zero-order chi connectivity index (χ0) is 51.7. The van der Waals surface area contributed by atoms with E-state index in [1.54, 1.807) is 42.5 Å². The van der Waals surface area contributed by atoms with Crippen molar-refractivity contribution in [2.75, 3.05) is 31.5 Å². The summed E-state index contributed by atoms with van der Waals surface area (Å²) in [5, 5.41) is 26.1. The molecule has 6 atom stereocenters. The highest BCUT2D eigenvalue weighted by molar-refractivity contribution is 6.30. The predicted octanol–water partition coefficient (Wildman–Crippen LogP) is 1.29. The molecule has 20 nitrogen and oxygen atoms in total. The zero-order valence-electron chi connectivity index (χ0n) is 39.3. The van der Waals surface area contributed by atoms with E-state index in [2.05, 4.69) is 37.2 Å². The fourth-order valence-corrected chi connectivity index (χ4v) is 7.33. The zero-order valence-corrected chi connectivity index (χ0v) is 39.3. The first-order valence-electron chi connectivity index (χ1n) is 22.6. The highest BCUT2D eigenvalue weighted by Crippen LogP contribution is 2.32. The van der Waals surface area contributed by atoms with Crippen LogP contribution in [0.3, 0.4) is 0 Å². The Kier molecular flexibility index (Phi) is 21.3. The fraction of sp³-hybridized carbons (Fsp3) is 0.522. The Morgan fingerprint density at radius 1 is 0.754 bits per heavy atom. The summed E-state index contributed by atoms with van der Waals surface area (Å²) in [5.74, 6) is -7.03. The Bertz CT molecular complexity index is 2240. The number of halogens is 3. The van der Waals surface area contributed by atoms with Gasteiger partial charge in [-0.25, -0.2) is 4.79 Å². The molecule has 2 aromatic carbocycles. The third-order valence-corrected chi connectivity index (χ3v) is 10.9. The number of alkyl halides is 3. The van der Waals surface area contributed by atoms with E-state index >= 15 is 0 Å². The van der Waals surface area contributed by atoms with Crippen molar-refractivity contribution >= 4 is 64.6 Å². The second-order valence-corrected chi connectivity index (χ2v) is 17.1. The molecule has 7 amide bonds. The van der Waals surface area contributed by atoms with Crippen LogP contribution in [0.25, 0.3) is 0 Å². The Labute approximate surface area is 397 Å². The molecule has 4 rings (SSSR count). The van der Waals surface area contributed by atoms with Gasteiger partial charge in [0, 0.05) is 42.0 Å². The van der Waals surface area contributed by atoms with Crippen molar-refractivity contribution in [3.8, 4) is 0 Å². The van der Waals surface area contributed by atoms with E-state index in [0.29, 0.717) is 66.7 Å². The number of anilines is 1. The number of amides is 7. The number of hydrogen-bond donors (Lipinski definition) is 9. The quantitative estimate of drug-likeness (QED) is 0.0681. The van der Waals surface area contributed by atoms with Crippen molar-refractivity contribution < 1.29 is 66.2 Å². The van der Waals surface area contributed by atoms with Gasteiger partial charge in [0.2, 0.25) is 41.4 Å². The maximum absolute atomic E-state index is 13.9. The molecule has 2 aromatic rings. The van der Waals surface area contributed by atoms with Gasteiger partial charge in [-0.2, -0.15) is 13.2 Å². The van der Waals surface area contributed by atoms with Crippen molar-refractivity contribution in [2.45, 2.75) is 122 Å². The number of hydrogen-bond acceptors (Lipinski definition) is 12. The fourth-order valence-electron chi connectivity index (χ4n) is 7.33. The Morgan fingerprint density at radius 3 is 1.91 bits per heavy atom. The van der Waals surface area contributed by atoms with E-state index in [4.69, 9.17) is 15.6 Å². The number of benzene rings is 2. The number of carboxylic acid groups (broad SMARTS) is 1. The minimum atomic E-state index is -5.08. The first-order chi connectivity index (χ1) is 32.4. The van der Waals surface area contributed by atoms with Crippen LogP contribution in [0.2, 0.25) is 0 Å². The molecule has 378 valence electrons. The predicted molar refractivity (Wildman–Crippen MR) is 244 cm³/mol. The molecule has 1 fully saturated rings. The lowest BCUT2D eigenvalue weighted by molar-refractivity contribution is -0.192. The summed E-state index contributed by atoms with van der Waals surface area (Å²) in [6, 6.07) is 6.24. The lowest BCUT2D eigenvalue weighted by atomic mass is 9.83. The molecule has 0 bridgehead atoms. The molecule has 1 aliphatic heterocycles. The van der Waals surface area contributed by atoms with Crippen LogP contribution in [-0.2, 0) is 38.4 Å². The normalized spacial score (nSPS) is 16.2. The van der Waals surface area contributed by atoms with E-state index < -0.39 is 90.4 Å². The number of nitrogens with two attached hydrogens (primary N) is 1. The molecule has 10 N–H and O–H groups in total. The second-order valence-electron chi connectivity index (χ2n) is 17.1. The van der Waals surface area contributed by atoms with Crippen molar-refractivity contribution in [3.63, 3.8) is 0 Å². The SMILES string of the molecule is CCC[C@H](NC(=O)[C@H](C)NC(=O)[C@H](C)NC(=O)[C@@H](C)N)C(=O)NCC(=O)N[C@@H](CC(C)C)C(=O)N1CCC[C@H]1C(=O)NCCCNc1cccc2c1C(=O)c1ccccc1C2=O.O=C(O)C(F)(F)F. The average Bonchev–Trinajstić information content (AvgIpc) is 3.79. The standard InChI is InChI=1S/C44H61N9O9.C2HF3O2/c1-7-13-32(52-41(59)27(6)50-40(58)26(5)49-39(57)25(4)45)42(60)48-23-35(54)51-33(22-24(2)3)44(62)53-21-11-18-34(53)43(61)47-20-12-19-46-31-17-10-16-30-36(31)38(56)29-15-9-8-14-28(29)37(30)55;3-2(4,5)1(6)7/h8-10,14-17,24-27,32-34,46H,7,11-13,18-23,45H2,1-6H3,(H,47,61)(H,48,60)(H,49,57)(H,50,58)(H,51,54)(H,52,59);(H,6,7)/t25-,26+,27+,32+,33+,34+;/m1./s1. The Morgan fingerprint density at radius 2 is 1.33 bits per heavy atom. The lowest BCUT2D eigenvalue weighted by Crippen LogP contribution is -2.57. The highest BCUT2D eigenvalue weighted by Gasteiger charge is 2.39. The van der Waals surface area contributed by atoms with E-state index in [0.717, 1.165) is 0 Å². The number of rotatable bonds is 21. The number of likely N-dealkylation sites (tertiary alicyclic amines) is 1. The van der Waals surface area contributed by atoms with Gasteiger partial charge in [-0.3, -0.25) is 43.2 Å². The molecule has 2 aliphatic rings. The van der Waals surface area contributed by atoms with E-state index in [1.807, 2.05) is 20.8 Å². The number of nitrogens with zero attached hydrogens (tertiary/aromatic N) is 1. The van der Waals surface area contributed by atoms with Crippen molar-refractivity contribution in [3.05, 3.63) is 64.7 Å². The number of ketones is 2. The number of fused-ring (bicyclic) bond motifs is 2. The summed E-state index contributed by atoms with van der Waals surface area (Å²) in [4.78, 5) is 128. The van der Waals surface area contributed by atoms with Crippen molar-refractivity contribution in [1.82, 2.24) is 36.8 Å². The van der Waals surface area contributed by atoms with Crippen molar-refractivity contribution in [2.24, 2.45) is 11.7 Å².